The number of amides is 1. The van der Waals surface area contributed by atoms with E-state index in [0.717, 1.165) is 31.6 Å². The maximum atomic E-state index is 12.1. The number of carbonyl (C=O) groups excluding carboxylic acids is 1. The van der Waals surface area contributed by atoms with Crippen LogP contribution in [0.25, 0.3) is 0 Å². The first-order chi connectivity index (χ1) is 12.1. The summed E-state index contributed by atoms with van der Waals surface area (Å²) in [4.78, 5) is 14.4. The number of nitrogens with zero attached hydrogens (tertiary/aromatic N) is 1. The molecule has 0 bridgehead atoms. The fraction of sp³-hybridized carbons (Fsp3) is 0.476. The maximum absolute atomic E-state index is 12.1. The van der Waals surface area contributed by atoms with Crippen molar-refractivity contribution in [2.24, 2.45) is 0 Å². The lowest BCUT2D eigenvalue weighted by molar-refractivity contribution is 0.0920. The van der Waals surface area contributed by atoms with Gasteiger partial charge in [-0.3, -0.25) is 9.69 Å². The summed E-state index contributed by atoms with van der Waals surface area (Å²) in [5.74, 6) is 1.10. The van der Waals surface area contributed by atoms with Crippen LogP contribution < -0.4 is 5.32 Å². The number of rotatable bonds is 10. The molecule has 0 saturated heterocycles. The molecule has 0 atom stereocenters. The van der Waals surface area contributed by atoms with Crippen LogP contribution in [-0.2, 0) is 13.1 Å². The van der Waals surface area contributed by atoms with Crippen molar-refractivity contribution in [3.63, 3.8) is 0 Å². The molecule has 0 aliphatic carbocycles. The van der Waals surface area contributed by atoms with Gasteiger partial charge in [0.05, 0.1) is 6.54 Å². The Kier molecular flexibility index (Phi) is 7.74. The van der Waals surface area contributed by atoms with E-state index >= 15 is 0 Å². The fourth-order valence-electron chi connectivity index (χ4n) is 2.69. The van der Waals surface area contributed by atoms with Gasteiger partial charge in [0.25, 0.3) is 5.91 Å². The van der Waals surface area contributed by atoms with Crippen LogP contribution in [0.1, 0.15) is 61.9 Å². The molecule has 0 saturated carbocycles. The summed E-state index contributed by atoms with van der Waals surface area (Å²) in [5, 5.41) is 2.92. The van der Waals surface area contributed by atoms with Gasteiger partial charge < -0.3 is 9.73 Å². The first-order valence-corrected chi connectivity index (χ1v) is 9.25. The van der Waals surface area contributed by atoms with Gasteiger partial charge in [-0.05, 0) is 38.0 Å². The molecule has 0 unspecified atom stereocenters. The van der Waals surface area contributed by atoms with Crippen LogP contribution in [0.3, 0.4) is 0 Å². The molecule has 0 aliphatic heterocycles. The molecule has 2 aromatic rings. The van der Waals surface area contributed by atoms with Crippen LogP contribution in [0.4, 0.5) is 0 Å². The molecule has 4 nitrogen and oxygen atoms in total. The fourth-order valence-corrected chi connectivity index (χ4v) is 2.69. The standard InChI is InChI=1S/C21H30N2O2/c1-4-5-9-14-22-21(24)20-13-12-19(25-20)16-23(17(2)3)15-18-10-7-6-8-11-18/h6-8,10-13,17H,4-5,9,14-16H2,1-3H3,(H,22,24). The zero-order chi connectivity index (χ0) is 18.1. The smallest absolute Gasteiger partial charge is 0.286 e. The van der Waals surface area contributed by atoms with E-state index in [4.69, 9.17) is 4.42 Å². The van der Waals surface area contributed by atoms with E-state index < -0.39 is 0 Å². The van der Waals surface area contributed by atoms with Crippen LogP contribution in [0.5, 0.6) is 0 Å². The SMILES string of the molecule is CCCCCNC(=O)c1ccc(CN(Cc2ccccc2)C(C)C)o1. The summed E-state index contributed by atoms with van der Waals surface area (Å²) in [6.07, 6.45) is 3.29. The minimum absolute atomic E-state index is 0.124. The van der Waals surface area contributed by atoms with Crippen LogP contribution in [-0.4, -0.2) is 23.4 Å². The lowest BCUT2D eigenvalue weighted by Gasteiger charge is -2.25. The quantitative estimate of drug-likeness (QED) is 0.641. The van der Waals surface area contributed by atoms with Crippen LogP contribution in [0, 0.1) is 0 Å². The first-order valence-electron chi connectivity index (χ1n) is 9.25. The number of benzene rings is 1. The van der Waals surface area contributed by atoms with Crippen molar-refractivity contribution in [3.8, 4) is 0 Å². The molecule has 2 rings (SSSR count). The van der Waals surface area contributed by atoms with E-state index in [1.165, 1.54) is 5.56 Å². The zero-order valence-electron chi connectivity index (χ0n) is 15.6. The number of unbranched alkanes of at least 4 members (excludes halogenated alkanes) is 2. The van der Waals surface area contributed by atoms with Gasteiger partial charge in [-0.25, -0.2) is 0 Å². The third-order valence-corrected chi connectivity index (χ3v) is 4.27. The molecule has 0 aliphatic rings. The largest absolute Gasteiger partial charge is 0.455 e. The Labute approximate surface area is 151 Å². The van der Waals surface area contributed by atoms with Crippen LogP contribution >= 0.6 is 0 Å². The molecule has 1 heterocycles. The van der Waals surface area contributed by atoms with Crippen molar-refractivity contribution < 1.29 is 9.21 Å². The van der Waals surface area contributed by atoms with Gasteiger partial charge in [0, 0.05) is 19.1 Å². The monoisotopic (exact) mass is 342 g/mol. The molecule has 136 valence electrons. The highest BCUT2D eigenvalue weighted by Crippen LogP contribution is 2.15. The third kappa shape index (κ3) is 6.39. The second-order valence-electron chi connectivity index (χ2n) is 6.71. The summed E-state index contributed by atoms with van der Waals surface area (Å²) in [6, 6.07) is 14.5. The highest BCUT2D eigenvalue weighted by molar-refractivity contribution is 5.91. The van der Waals surface area contributed by atoms with Gasteiger partial charge in [-0.15, -0.1) is 0 Å². The van der Waals surface area contributed by atoms with E-state index in [9.17, 15) is 4.79 Å². The summed E-state index contributed by atoms with van der Waals surface area (Å²) in [7, 11) is 0. The second kappa shape index (κ2) is 10.0. The summed E-state index contributed by atoms with van der Waals surface area (Å²) in [6.45, 7) is 8.75. The number of carbonyl (C=O) groups is 1. The molecule has 25 heavy (non-hydrogen) atoms. The molecule has 4 heteroatoms. The number of hydrogen-bond donors (Lipinski definition) is 1. The third-order valence-electron chi connectivity index (χ3n) is 4.27. The summed E-state index contributed by atoms with van der Waals surface area (Å²) in [5.41, 5.74) is 1.27. The van der Waals surface area contributed by atoms with Gasteiger partial charge in [-0.2, -0.15) is 0 Å². The van der Waals surface area contributed by atoms with E-state index in [-0.39, 0.29) is 5.91 Å². The predicted octanol–water partition coefficient (Wildman–Crippen LogP) is 4.61. The van der Waals surface area contributed by atoms with Gasteiger partial charge in [-0.1, -0.05) is 50.1 Å². The van der Waals surface area contributed by atoms with Crippen molar-refractivity contribution in [2.45, 2.75) is 59.2 Å². The highest BCUT2D eigenvalue weighted by Gasteiger charge is 2.15. The predicted molar refractivity (Wildman–Crippen MR) is 101 cm³/mol. The van der Waals surface area contributed by atoms with Crippen molar-refractivity contribution in [3.05, 3.63) is 59.5 Å². The minimum Gasteiger partial charge on any atom is -0.455 e. The van der Waals surface area contributed by atoms with Gasteiger partial charge in [0.15, 0.2) is 5.76 Å². The molecule has 0 fully saturated rings. The van der Waals surface area contributed by atoms with Gasteiger partial charge >= 0.3 is 0 Å². The first kappa shape index (κ1) is 19.3. The molecule has 0 spiro atoms. The summed E-state index contributed by atoms with van der Waals surface area (Å²) < 4.78 is 5.77. The van der Waals surface area contributed by atoms with Crippen molar-refractivity contribution in [2.75, 3.05) is 6.54 Å². The van der Waals surface area contributed by atoms with Crippen molar-refractivity contribution in [1.82, 2.24) is 10.2 Å². The van der Waals surface area contributed by atoms with Crippen LogP contribution in [0.15, 0.2) is 46.9 Å². The van der Waals surface area contributed by atoms with E-state index in [0.29, 0.717) is 24.9 Å². The summed E-state index contributed by atoms with van der Waals surface area (Å²) >= 11 is 0. The zero-order valence-corrected chi connectivity index (χ0v) is 15.6. The molecular weight excluding hydrogens is 312 g/mol. The molecule has 0 radical (unpaired) electrons. The molecule has 1 N–H and O–H groups in total. The number of furan rings is 1. The Morgan fingerprint density at radius 3 is 2.52 bits per heavy atom. The molecule has 1 amide bonds. The Hall–Kier alpha value is -2.07. The average Bonchev–Trinajstić information content (AvgIpc) is 3.07. The minimum atomic E-state index is -0.124. The Balaban J connectivity index is 1.92. The lowest BCUT2D eigenvalue weighted by Crippen LogP contribution is -2.29. The van der Waals surface area contributed by atoms with Gasteiger partial charge in [0.2, 0.25) is 0 Å². The lowest BCUT2D eigenvalue weighted by atomic mass is 10.2. The molecule has 1 aromatic carbocycles. The Bertz CT molecular complexity index is 634. The van der Waals surface area contributed by atoms with Gasteiger partial charge in [0.1, 0.15) is 5.76 Å². The molecule has 1 aromatic heterocycles. The Morgan fingerprint density at radius 2 is 1.84 bits per heavy atom. The van der Waals surface area contributed by atoms with E-state index in [1.54, 1.807) is 6.07 Å². The normalized spacial score (nSPS) is 11.2. The van der Waals surface area contributed by atoms with Crippen LogP contribution in [0.2, 0.25) is 0 Å². The Morgan fingerprint density at radius 1 is 1.08 bits per heavy atom. The number of hydrogen-bond acceptors (Lipinski definition) is 3. The highest BCUT2D eigenvalue weighted by atomic mass is 16.4. The molecular formula is C21H30N2O2. The van der Waals surface area contributed by atoms with E-state index in [2.05, 4.69) is 55.3 Å². The second-order valence-corrected chi connectivity index (χ2v) is 6.71. The van der Waals surface area contributed by atoms with E-state index in [1.807, 2.05) is 12.1 Å². The van der Waals surface area contributed by atoms with Crippen molar-refractivity contribution in [1.29, 1.82) is 0 Å². The van der Waals surface area contributed by atoms with Crippen molar-refractivity contribution >= 4 is 5.91 Å². The topological polar surface area (TPSA) is 45.5 Å². The number of nitrogens with one attached hydrogen (secondary N) is 1. The maximum Gasteiger partial charge on any atom is 0.286 e. The average molecular weight is 342 g/mol.